The maximum Gasteiger partial charge on any atom is 0.261 e. The minimum Gasteiger partial charge on any atom is -0.347 e. The van der Waals surface area contributed by atoms with E-state index >= 15 is 0 Å². The molecule has 0 saturated carbocycles. The Morgan fingerprint density at radius 2 is 1.74 bits per heavy atom. The minimum atomic E-state index is -0.131. The molecule has 1 fully saturated rings. The van der Waals surface area contributed by atoms with Crippen LogP contribution in [0.2, 0.25) is 10.0 Å². The number of halogens is 2. The van der Waals surface area contributed by atoms with Crippen LogP contribution in [0.1, 0.15) is 38.5 Å². The Morgan fingerprint density at radius 3 is 2.44 bits per heavy atom. The molecule has 1 unspecified atom stereocenters. The summed E-state index contributed by atoms with van der Waals surface area (Å²) in [5.41, 5.74) is 1.88. The van der Waals surface area contributed by atoms with E-state index in [9.17, 15) is 9.59 Å². The number of hydrogen-bond donors (Lipinski definition) is 1. The molecule has 1 aliphatic rings. The zero-order chi connectivity index (χ0) is 24.1. The van der Waals surface area contributed by atoms with Gasteiger partial charge >= 0.3 is 0 Å². The van der Waals surface area contributed by atoms with Crippen LogP contribution in [0.4, 0.5) is 0 Å². The molecule has 2 aromatic carbocycles. The van der Waals surface area contributed by atoms with Crippen molar-refractivity contribution in [2.24, 2.45) is 0 Å². The first kappa shape index (κ1) is 24.7. The summed E-state index contributed by atoms with van der Waals surface area (Å²) < 4.78 is 0. The lowest BCUT2D eigenvalue weighted by molar-refractivity contribution is -0.134. The Labute approximate surface area is 214 Å². The van der Waals surface area contributed by atoms with Gasteiger partial charge in [0.2, 0.25) is 5.91 Å². The van der Waals surface area contributed by atoms with E-state index in [4.69, 9.17) is 23.2 Å². The average Bonchev–Trinajstić information content (AvgIpc) is 3.32. The van der Waals surface area contributed by atoms with Crippen molar-refractivity contribution in [3.8, 4) is 0 Å². The van der Waals surface area contributed by atoms with Crippen LogP contribution >= 0.6 is 34.5 Å². The molecule has 0 aliphatic carbocycles. The number of hydrogen-bond acceptors (Lipinski definition) is 4. The Balaban J connectivity index is 1.25. The fourth-order valence-corrected chi connectivity index (χ4v) is 5.46. The highest BCUT2D eigenvalue weighted by molar-refractivity contribution is 7.14. The van der Waals surface area contributed by atoms with Gasteiger partial charge in [-0.1, -0.05) is 59.6 Å². The first-order valence-corrected chi connectivity index (χ1v) is 12.8. The standard InChI is InChI=1S/C26H27Cl2N3O2S/c1-18(19-5-3-2-4-6-19)26(33)31-13-11-30(12-14-31)17-22-9-10-24(34-22)25(32)29-16-20-7-8-21(27)15-23(20)28/h2-10,15,18H,11-14,16-17H2,1H3,(H,29,32). The third-order valence-electron chi connectivity index (χ3n) is 6.07. The molecule has 0 spiro atoms. The molecule has 34 heavy (non-hydrogen) atoms. The average molecular weight is 516 g/mol. The summed E-state index contributed by atoms with van der Waals surface area (Å²) in [7, 11) is 0. The topological polar surface area (TPSA) is 52.7 Å². The molecule has 178 valence electrons. The van der Waals surface area contributed by atoms with Crippen LogP contribution in [0.3, 0.4) is 0 Å². The number of piperazine rings is 1. The lowest BCUT2D eigenvalue weighted by Gasteiger charge is -2.35. The van der Waals surface area contributed by atoms with E-state index in [2.05, 4.69) is 10.2 Å². The molecule has 1 aromatic heterocycles. The fourth-order valence-electron chi connectivity index (χ4n) is 4.02. The van der Waals surface area contributed by atoms with Gasteiger partial charge in [0.05, 0.1) is 10.8 Å². The Bertz CT molecular complexity index is 1140. The van der Waals surface area contributed by atoms with Crippen LogP contribution in [0, 0.1) is 0 Å². The van der Waals surface area contributed by atoms with Gasteiger partial charge in [0.25, 0.3) is 5.91 Å². The molecule has 2 amide bonds. The molecular formula is C26H27Cl2N3O2S. The van der Waals surface area contributed by atoms with Gasteiger partial charge in [-0.3, -0.25) is 14.5 Å². The molecule has 5 nitrogen and oxygen atoms in total. The van der Waals surface area contributed by atoms with Crippen LogP contribution in [0.25, 0.3) is 0 Å². The number of rotatable bonds is 7. The highest BCUT2D eigenvalue weighted by Crippen LogP contribution is 2.23. The van der Waals surface area contributed by atoms with E-state index in [1.807, 2.05) is 60.4 Å². The molecule has 8 heteroatoms. The number of benzene rings is 2. The second-order valence-electron chi connectivity index (χ2n) is 8.42. The predicted octanol–water partition coefficient (Wildman–Crippen LogP) is 5.43. The lowest BCUT2D eigenvalue weighted by Crippen LogP contribution is -2.49. The number of carbonyl (C=O) groups excluding carboxylic acids is 2. The van der Waals surface area contributed by atoms with Crippen molar-refractivity contribution >= 4 is 46.4 Å². The van der Waals surface area contributed by atoms with Crippen LogP contribution in [0.5, 0.6) is 0 Å². The Morgan fingerprint density at radius 1 is 1.00 bits per heavy atom. The summed E-state index contributed by atoms with van der Waals surface area (Å²) in [6, 6.07) is 19.0. The Kier molecular flexibility index (Phi) is 8.27. The highest BCUT2D eigenvalue weighted by Gasteiger charge is 2.26. The minimum absolute atomic E-state index is 0.118. The summed E-state index contributed by atoms with van der Waals surface area (Å²) in [5, 5.41) is 4.03. The van der Waals surface area contributed by atoms with E-state index in [-0.39, 0.29) is 17.7 Å². The van der Waals surface area contributed by atoms with Gasteiger partial charge in [-0.25, -0.2) is 0 Å². The second kappa shape index (κ2) is 11.4. The van der Waals surface area contributed by atoms with Crippen molar-refractivity contribution in [1.29, 1.82) is 0 Å². The summed E-state index contributed by atoms with van der Waals surface area (Å²) >= 11 is 13.6. The maximum atomic E-state index is 12.9. The quantitative estimate of drug-likeness (QED) is 0.456. The largest absolute Gasteiger partial charge is 0.347 e. The van der Waals surface area contributed by atoms with Gasteiger partial charge < -0.3 is 10.2 Å². The third-order valence-corrected chi connectivity index (χ3v) is 7.73. The highest BCUT2D eigenvalue weighted by atomic mass is 35.5. The van der Waals surface area contributed by atoms with Gasteiger partial charge in [0.1, 0.15) is 0 Å². The van der Waals surface area contributed by atoms with E-state index in [1.54, 1.807) is 12.1 Å². The van der Waals surface area contributed by atoms with Crippen molar-refractivity contribution in [3.63, 3.8) is 0 Å². The summed E-state index contributed by atoms with van der Waals surface area (Å²) in [4.78, 5) is 31.6. The molecule has 3 aromatic rings. The van der Waals surface area contributed by atoms with Crippen molar-refractivity contribution in [2.75, 3.05) is 26.2 Å². The summed E-state index contributed by atoms with van der Waals surface area (Å²) in [5.74, 6) is -0.0665. The normalized spacial score (nSPS) is 15.2. The van der Waals surface area contributed by atoms with Crippen molar-refractivity contribution in [1.82, 2.24) is 15.1 Å². The SMILES string of the molecule is CC(C(=O)N1CCN(Cc2ccc(C(=O)NCc3ccc(Cl)cc3Cl)s2)CC1)c1ccccc1. The fraction of sp³-hybridized carbons (Fsp3) is 0.308. The molecule has 1 N–H and O–H groups in total. The van der Waals surface area contributed by atoms with Gasteiger partial charge in [-0.15, -0.1) is 11.3 Å². The predicted molar refractivity (Wildman–Crippen MR) is 139 cm³/mol. The van der Waals surface area contributed by atoms with Gasteiger partial charge in [0.15, 0.2) is 0 Å². The first-order chi connectivity index (χ1) is 16.4. The van der Waals surface area contributed by atoms with Crippen LogP contribution in [-0.4, -0.2) is 47.8 Å². The number of carbonyl (C=O) groups is 2. The number of nitrogens with one attached hydrogen (secondary N) is 1. The lowest BCUT2D eigenvalue weighted by atomic mass is 9.99. The monoisotopic (exact) mass is 515 g/mol. The van der Waals surface area contributed by atoms with E-state index in [1.165, 1.54) is 11.3 Å². The maximum absolute atomic E-state index is 12.9. The zero-order valence-corrected chi connectivity index (χ0v) is 21.3. The van der Waals surface area contributed by atoms with Gasteiger partial charge in [-0.05, 0) is 42.3 Å². The Hall–Kier alpha value is -2.38. The van der Waals surface area contributed by atoms with E-state index in [0.717, 1.165) is 48.7 Å². The second-order valence-corrected chi connectivity index (χ2v) is 10.4. The molecule has 1 atom stereocenters. The van der Waals surface area contributed by atoms with Gasteiger partial charge in [-0.2, -0.15) is 0 Å². The van der Waals surface area contributed by atoms with E-state index in [0.29, 0.717) is 21.5 Å². The zero-order valence-electron chi connectivity index (χ0n) is 19.0. The summed E-state index contributed by atoms with van der Waals surface area (Å²) in [6.07, 6.45) is 0. The molecular weight excluding hydrogens is 489 g/mol. The molecule has 1 aliphatic heterocycles. The first-order valence-electron chi connectivity index (χ1n) is 11.3. The van der Waals surface area contributed by atoms with Crippen molar-refractivity contribution < 1.29 is 9.59 Å². The van der Waals surface area contributed by atoms with Crippen molar-refractivity contribution in [3.05, 3.63) is 91.6 Å². The number of amides is 2. The number of thiophene rings is 1. The van der Waals surface area contributed by atoms with Crippen LogP contribution in [0.15, 0.2) is 60.7 Å². The number of nitrogens with zero attached hydrogens (tertiary/aromatic N) is 2. The molecule has 0 bridgehead atoms. The van der Waals surface area contributed by atoms with Crippen LogP contribution < -0.4 is 5.32 Å². The van der Waals surface area contributed by atoms with Gasteiger partial charge in [0, 0.05) is 54.2 Å². The van der Waals surface area contributed by atoms with Crippen LogP contribution in [-0.2, 0) is 17.9 Å². The summed E-state index contributed by atoms with van der Waals surface area (Å²) in [6.45, 7) is 6.18. The smallest absolute Gasteiger partial charge is 0.261 e. The molecule has 2 heterocycles. The van der Waals surface area contributed by atoms with E-state index < -0.39 is 0 Å². The molecule has 0 radical (unpaired) electrons. The molecule has 4 rings (SSSR count). The van der Waals surface area contributed by atoms with Crippen molar-refractivity contribution in [2.45, 2.75) is 25.9 Å². The third kappa shape index (κ3) is 6.19. The molecule has 1 saturated heterocycles.